The molecule has 1 N–H and O–H groups in total. The Morgan fingerprint density at radius 1 is 0.950 bits per heavy atom. The van der Waals surface area contributed by atoms with Gasteiger partial charge in [0.15, 0.2) is 0 Å². The van der Waals surface area contributed by atoms with Crippen LogP contribution in [0.3, 0.4) is 0 Å². The predicted molar refractivity (Wildman–Crippen MR) is 153 cm³/mol. The van der Waals surface area contributed by atoms with Crippen molar-refractivity contribution in [1.29, 1.82) is 0 Å². The van der Waals surface area contributed by atoms with Gasteiger partial charge in [0.1, 0.15) is 12.2 Å². The third kappa shape index (κ3) is 5.92. The number of carbonyl (C=O) groups excluding carboxylic acids is 3. The van der Waals surface area contributed by atoms with Gasteiger partial charge in [-0.2, -0.15) is 5.01 Å². The third-order valence-electron chi connectivity index (χ3n) is 7.47. The largest absolute Gasteiger partial charge is 0.333 e. The minimum atomic E-state index is -0.665. The van der Waals surface area contributed by atoms with Gasteiger partial charge in [0.25, 0.3) is 0 Å². The van der Waals surface area contributed by atoms with Gasteiger partial charge in [0.2, 0.25) is 11.8 Å². The Hall–Kier alpha value is -4.43. The monoisotopic (exact) mass is 537 g/mol. The average molecular weight is 538 g/mol. The van der Waals surface area contributed by atoms with Crippen molar-refractivity contribution in [1.82, 2.24) is 25.1 Å². The van der Waals surface area contributed by atoms with Crippen LogP contribution in [0.1, 0.15) is 22.3 Å². The second kappa shape index (κ2) is 12.2. The molecule has 206 valence electrons. The number of hydrazine groups is 1. The lowest BCUT2D eigenvalue weighted by atomic mass is 10.00. The number of nitrogens with zero attached hydrogens (tertiary/aromatic N) is 4. The van der Waals surface area contributed by atoms with E-state index >= 15 is 0 Å². The number of fused-ring (bicyclic) bond motifs is 1. The quantitative estimate of drug-likeness (QED) is 0.422. The van der Waals surface area contributed by atoms with Gasteiger partial charge in [0, 0.05) is 19.5 Å². The van der Waals surface area contributed by atoms with E-state index in [1.807, 2.05) is 96.8 Å². The summed E-state index contributed by atoms with van der Waals surface area (Å²) in [7, 11) is 0. The van der Waals surface area contributed by atoms with Gasteiger partial charge >= 0.3 is 6.03 Å². The molecule has 2 heterocycles. The number of hydrogen-bond donors (Lipinski definition) is 1. The molecule has 0 radical (unpaired) electrons. The molecule has 0 unspecified atom stereocenters. The zero-order chi connectivity index (χ0) is 28.1. The fourth-order valence-electron chi connectivity index (χ4n) is 5.43. The molecule has 3 aromatic carbocycles. The number of nitrogens with one attached hydrogen (secondary N) is 1. The summed E-state index contributed by atoms with van der Waals surface area (Å²) in [5.41, 5.74) is 4.12. The van der Waals surface area contributed by atoms with Gasteiger partial charge in [-0.05, 0) is 23.6 Å². The molecular weight excluding hydrogens is 502 g/mol. The normalized spacial score (nSPS) is 18.9. The first-order valence-corrected chi connectivity index (χ1v) is 13.6. The van der Waals surface area contributed by atoms with Crippen LogP contribution in [0, 0.1) is 6.92 Å². The van der Waals surface area contributed by atoms with Crippen molar-refractivity contribution in [2.45, 2.75) is 38.6 Å². The molecule has 0 saturated carbocycles. The van der Waals surface area contributed by atoms with Gasteiger partial charge in [0.05, 0.1) is 19.6 Å². The minimum absolute atomic E-state index is 0.00814. The van der Waals surface area contributed by atoms with Gasteiger partial charge in [-0.1, -0.05) is 96.6 Å². The van der Waals surface area contributed by atoms with E-state index in [-0.39, 0.29) is 30.9 Å². The Kier molecular flexibility index (Phi) is 8.26. The highest BCUT2D eigenvalue weighted by atomic mass is 16.2. The molecule has 8 nitrogen and oxygen atoms in total. The average Bonchev–Trinajstić information content (AvgIpc) is 3.30. The van der Waals surface area contributed by atoms with Gasteiger partial charge < -0.3 is 15.1 Å². The fraction of sp³-hybridized carbons (Fsp3) is 0.281. The van der Waals surface area contributed by atoms with E-state index in [0.29, 0.717) is 26.1 Å². The number of rotatable bonds is 9. The Labute approximate surface area is 235 Å². The highest BCUT2D eigenvalue weighted by molar-refractivity contribution is 5.91. The lowest BCUT2D eigenvalue weighted by Crippen LogP contribution is -2.66. The lowest BCUT2D eigenvalue weighted by molar-refractivity contribution is -0.157. The van der Waals surface area contributed by atoms with E-state index in [1.54, 1.807) is 16.0 Å². The Morgan fingerprint density at radius 3 is 2.25 bits per heavy atom. The van der Waals surface area contributed by atoms with Crippen LogP contribution in [0.4, 0.5) is 4.79 Å². The summed E-state index contributed by atoms with van der Waals surface area (Å²) >= 11 is 0. The Morgan fingerprint density at radius 2 is 1.60 bits per heavy atom. The molecule has 2 saturated heterocycles. The Balaban J connectivity index is 1.42. The molecule has 0 aliphatic carbocycles. The highest BCUT2D eigenvalue weighted by Gasteiger charge is 2.52. The molecule has 2 aliphatic rings. The van der Waals surface area contributed by atoms with Gasteiger partial charge in [-0.25, -0.2) is 4.79 Å². The van der Waals surface area contributed by atoms with E-state index in [4.69, 9.17) is 0 Å². The van der Waals surface area contributed by atoms with Crippen LogP contribution in [-0.4, -0.2) is 69.5 Å². The summed E-state index contributed by atoms with van der Waals surface area (Å²) in [5.74, 6) is -0.251. The van der Waals surface area contributed by atoms with Crippen molar-refractivity contribution in [3.05, 3.63) is 120 Å². The van der Waals surface area contributed by atoms with Gasteiger partial charge in [-0.15, -0.1) is 6.58 Å². The van der Waals surface area contributed by atoms with E-state index < -0.39 is 12.2 Å². The van der Waals surface area contributed by atoms with E-state index in [2.05, 4.69) is 11.9 Å². The first-order chi connectivity index (χ1) is 19.4. The molecule has 4 amide bonds. The van der Waals surface area contributed by atoms with E-state index in [9.17, 15) is 14.4 Å². The molecule has 40 heavy (non-hydrogen) atoms. The fourth-order valence-corrected chi connectivity index (χ4v) is 5.43. The summed E-state index contributed by atoms with van der Waals surface area (Å²) in [6.07, 6.45) is 1.57. The molecule has 8 heteroatoms. The van der Waals surface area contributed by atoms with Crippen LogP contribution in [0.15, 0.2) is 97.6 Å². The van der Waals surface area contributed by atoms with Crippen molar-refractivity contribution in [2.75, 3.05) is 19.6 Å². The number of aryl methyl sites for hydroxylation is 1. The number of benzene rings is 3. The summed E-state index contributed by atoms with van der Waals surface area (Å²) < 4.78 is 0. The molecule has 0 bridgehead atoms. The van der Waals surface area contributed by atoms with E-state index in [1.165, 1.54) is 5.01 Å². The zero-order valence-electron chi connectivity index (χ0n) is 22.8. The maximum atomic E-state index is 13.9. The number of piperazine rings is 1. The Bertz CT molecular complexity index is 1350. The smallest absolute Gasteiger partial charge is 0.332 e. The maximum absolute atomic E-state index is 13.9. The van der Waals surface area contributed by atoms with Crippen molar-refractivity contribution >= 4 is 17.8 Å². The molecule has 2 aliphatic heterocycles. The SMILES string of the molecule is C=CCN(C(=O)NCc1ccccc1)N1CC(=O)N2[C@@H](Cc3ccccc3)C(=O)N(Cc3ccc(C)cc3)C[C@@H]21. The summed E-state index contributed by atoms with van der Waals surface area (Å²) in [4.78, 5) is 44.3. The standard InChI is InChI=1S/C32H35N5O3/c1-3-18-35(32(40)33-20-26-12-8-5-9-13-26)36-23-30(38)37-28(19-25-10-6-4-7-11-25)31(39)34(22-29(36)37)21-27-16-14-24(2)15-17-27/h3-17,28-29H,1,18-23H2,2H3,(H,33,40)/t28-,29+/m0/s1. The molecule has 0 aromatic heterocycles. The number of urea groups is 1. The summed E-state index contributed by atoms with van der Waals surface area (Å²) in [6.45, 7) is 7.20. The lowest BCUT2D eigenvalue weighted by Gasteiger charge is -2.46. The molecule has 5 rings (SSSR count). The zero-order valence-corrected chi connectivity index (χ0v) is 22.8. The van der Waals surface area contributed by atoms with E-state index in [0.717, 1.165) is 22.3 Å². The first-order valence-electron chi connectivity index (χ1n) is 13.6. The van der Waals surface area contributed by atoms with Crippen LogP contribution < -0.4 is 5.32 Å². The van der Waals surface area contributed by atoms with Crippen molar-refractivity contribution in [2.24, 2.45) is 0 Å². The number of amides is 4. The topological polar surface area (TPSA) is 76.2 Å². The predicted octanol–water partition coefficient (Wildman–Crippen LogP) is 3.73. The molecule has 0 spiro atoms. The van der Waals surface area contributed by atoms with Crippen LogP contribution in [0.25, 0.3) is 0 Å². The molecular formula is C32H35N5O3. The van der Waals surface area contributed by atoms with Gasteiger partial charge in [-0.3, -0.25) is 14.6 Å². The summed E-state index contributed by atoms with van der Waals surface area (Å²) in [5, 5.41) is 6.30. The first kappa shape index (κ1) is 27.1. The second-order valence-electron chi connectivity index (χ2n) is 10.3. The third-order valence-corrected chi connectivity index (χ3v) is 7.47. The van der Waals surface area contributed by atoms with Crippen LogP contribution >= 0.6 is 0 Å². The molecule has 2 atom stereocenters. The van der Waals surface area contributed by atoms with Crippen LogP contribution in [0.5, 0.6) is 0 Å². The summed E-state index contributed by atoms with van der Waals surface area (Å²) in [6, 6.07) is 26.6. The minimum Gasteiger partial charge on any atom is -0.333 e. The maximum Gasteiger partial charge on any atom is 0.332 e. The number of hydrogen-bond acceptors (Lipinski definition) is 4. The van der Waals surface area contributed by atoms with Crippen molar-refractivity contribution in [3.8, 4) is 0 Å². The van der Waals surface area contributed by atoms with Crippen molar-refractivity contribution in [3.63, 3.8) is 0 Å². The highest BCUT2D eigenvalue weighted by Crippen LogP contribution is 2.30. The second-order valence-corrected chi connectivity index (χ2v) is 10.3. The van der Waals surface area contributed by atoms with Crippen LogP contribution in [0.2, 0.25) is 0 Å². The molecule has 3 aromatic rings. The van der Waals surface area contributed by atoms with Crippen molar-refractivity contribution < 1.29 is 14.4 Å². The number of carbonyl (C=O) groups is 3. The molecule has 2 fully saturated rings. The van der Waals surface area contributed by atoms with Crippen LogP contribution in [-0.2, 0) is 29.1 Å².